The van der Waals surface area contributed by atoms with Crippen molar-refractivity contribution in [3.63, 3.8) is 0 Å². The largest absolute Gasteiger partial charge is 0.261 e. The van der Waals surface area contributed by atoms with E-state index in [0.29, 0.717) is 0 Å². The normalized spacial score (nSPS) is 11.4. The number of aromatic nitrogens is 2. The van der Waals surface area contributed by atoms with Gasteiger partial charge in [-0.1, -0.05) is 103 Å². The molecule has 1 N–H and O–H groups in total. The monoisotopic (exact) mass is 480 g/mol. The highest BCUT2D eigenvalue weighted by Gasteiger charge is 2.06. The van der Waals surface area contributed by atoms with Gasteiger partial charge in [-0.05, 0) is 49.9 Å². The third-order valence-corrected chi connectivity index (χ3v) is 6.78. The van der Waals surface area contributed by atoms with Crippen molar-refractivity contribution >= 4 is 0 Å². The van der Waals surface area contributed by atoms with Gasteiger partial charge in [0.1, 0.15) is 0 Å². The second-order valence-electron chi connectivity index (χ2n) is 10.0. The molecule has 2 heterocycles. The molecule has 2 aromatic heterocycles. The lowest BCUT2D eigenvalue weighted by molar-refractivity contribution is 0.170. The van der Waals surface area contributed by atoms with Crippen LogP contribution in [0.3, 0.4) is 0 Å². The first-order valence-electron chi connectivity index (χ1n) is 14.7. The molecule has 2 rings (SSSR count). The predicted molar refractivity (Wildman–Crippen MR) is 150 cm³/mol. The van der Waals surface area contributed by atoms with Crippen LogP contribution >= 0.6 is 0 Å². The summed E-state index contributed by atoms with van der Waals surface area (Å²) in [5.74, 6) is 0. The molecule has 196 valence electrons. The molecule has 35 heavy (non-hydrogen) atoms. The predicted octanol–water partition coefficient (Wildman–Crippen LogP) is 8.29. The summed E-state index contributed by atoms with van der Waals surface area (Å²) in [6.07, 6.45) is 26.5. The van der Waals surface area contributed by atoms with Gasteiger partial charge in [0.15, 0.2) is 0 Å². The van der Waals surface area contributed by atoms with Crippen LogP contribution in [0.25, 0.3) is 0 Å². The van der Waals surface area contributed by atoms with E-state index in [1.165, 1.54) is 108 Å². The van der Waals surface area contributed by atoms with Crippen LogP contribution in [0.1, 0.15) is 121 Å². The first-order valence-corrected chi connectivity index (χ1v) is 14.7. The lowest BCUT2D eigenvalue weighted by Gasteiger charge is -2.23. The zero-order chi connectivity index (χ0) is 24.7. The Balaban J connectivity index is 1.48. The SMILES string of the molecule is CCCCCCCCCCN(Cc1ccccn1)NCCCCCCCCCCc1ccccn1. The van der Waals surface area contributed by atoms with Gasteiger partial charge in [0, 0.05) is 31.2 Å². The highest BCUT2D eigenvalue weighted by molar-refractivity contribution is 5.03. The van der Waals surface area contributed by atoms with Gasteiger partial charge in [0.2, 0.25) is 0 Å². The minimum atomic E-state index is 0.899. The van der Waals surface area contributed by atoms with Crippen molar-refractivity contribution in [3.05, 3.63) is 60.2 Å². The molecular weight excluding hydrogens is 428 g/mol. The third kappa shape index (κ3) is 16.5. The number of rotatable bonds is 23. The summed E-state index contributed by atoms with van der Waals surface area (Å²) in [5, 5.41) is 2.40. The number of hydrogen-bond acceptors (Lipinski definition) is 4. The fraction of sp³-hybridized carbons (Fsp3) is 0.677. The molecule has 0 radical (unpaired) electrons. The van der Waals surface area contributed by atoms with Gasteiger partial charge in [-0.2, -0.15) is 0 Å². The second-order valence-corrected chi connectivity index (χ2v) is 10.0. The van der Waals surface area contributed by atoms with Crippen molar-refractivity contribution < 1.29 is 0 Å². The maximum Gasteiger partial charge on any atom is 0.0558 e. The molecule has 4 heteroatoms. The molecule has 0 spiro atoms. The van der Waals surface area contributed by atoms with Gasteiger partial charge < -0.3 is 0 Å². The highest BCUT2D eigenvalue weighted by Crippen LogP contribution is 2.11. The summed E-state index contributed by atoms with van der Waals surface area (Å²) in [6, 6.07) is 12.5. The van der Waals surface area contributed by atoms with E-state index in [0.717, 1.165) is 31.7 Å². The Morgan fingerprint density at radius 1 is 0.600 bits per heavy atom. The lowest BCUT2D eigenvalue weighted by Crippen LogP contribution is -2.39. The zero-order valence-corrected chi connectivity index (χ0v) is 22.6. The molecule has 0 bridgehead atoms. The van der Waals surface area contributed by atoms with E-state index in [1.54, 1.807) is 0 Å². The Bertz CT molecular complexity index is 692. The molecule has 0 saturated carbocycles. The number of unbranched alkanes of at least 4 members (excludes halogenated alkanes) is 14. The first kappa shape index (κ1) is 29.5. The van der Waals surface area contributed by atoms with Crippen molar-refractivity contribution in [3.8, 4) is 0 Å². The van der Waals surface area contributed by atoms with E-state index in [-0.39, 0.29) is 0 Å². The average molecular weight is 481 g/mol. The third-order valence-electron chi connectivity index (χ3n) is 6.78. The van der Waals surface area contributed by atoms with Gasteiger partial charge in [-0.3, -0.25) is 15.4 Å². The molecule has 0 aromatic carbocycles. The lowest BCUT2D eigenvalue weighted by atomic mass is 10.1. The number of hydrazine groups is 1. The van der Waals surface area contributed by atoms with Crippen LogP contribution in [0, 0.1) is 0 Å². The molecule has 0 aliphatic heterocycles. The van der Waals surface area contributed by atoms with E-state index in [9.17, 15) is 0 Å². The molecular formula is C31H52N4. The van der Waals surface area contributed by atoms with E-state index >= 15 is 0 Å². The van der Waals surface area contributed by atoms with Crippen molar-refractivity contribution in [2.45, 2.75) is 123 Å². The van der Waals surface area contributed by atoms with Gasteiger partial charge in [-0.15, -0.1) is 0 Å². The molecule has 0 fully saturated rings. The van der Waals surface area contributed by atoms with Crippen molar-refractivity contribution in [2.24, 2.45) is 0 Å². The van der Waals surface area contributed by atoms with E-state index in [2.05, 4.69) is 51.6 Å². The Morgan fingerprint density at radius 3 is 1.74 bits per heavy atom. The van der Waals surface area contributed by atoms with E-state index in [1.807, 2.05) is 24.5 Å². The molecule has 0 aliphatic rings. The van der Waals surface area contributed by atoms with Crippen LogP contribution in [0.2, 0.25) is 0 Å². The molecule has 0 unspecified atom stereocenters. The minimum absolute atomic E-state index is 0.899. The molecule has 4 nitrogen and oxygen atoms in total. The summed E-state index contributed by atoms with van der Waals surface area (Å²) < 4.78 is 0. The van der Waals surface area contributed by atoms with Gasteiger partial charge in [0.05, 0.1) is 12.2 Å². The van der Waals surface area contributed by atoms with Crippen molar-refractivity contribution in [1.82, 2.24) is 20.4 Å². The maximum atomic E-state index is 4.54. The second kappa shape index (κ2) is 21.5. The Kier molecular flexibility index (Phi) is 18.1. The fourth-order valence-electron chi connectivity index (χ4n) is 4.61. The summed E-state index contributed by atoms with van der Waals surface area (Å²) in [4.78, 5) is 8.95. The van der Waals surface area contributed by atoms with Gasteiger partial charge in [-0.25, -0.2) is 5.01 Å². The molecule has 0 atom stereocenters. The number of aryl methyl sites for hydroxylation is 1. The van der Waals surface area contributed by atoms with Crippen LogP contribution in [-0.2, 0) is 13.0 Å². The zero-order valence-electron chi connectivity index (χ0n) is 22.6. The molecule has 0 amide bonds. The number of pyridine rings is 2. The van der Waals surface area contributed by atoms with Crippen molar-refractivity contribution in [2.75, 3.05) is 13.1 Å². The van der Waals surface area contributed by atoms with Crippen LogP contribution in [0.4, 0.5) is 0 Å². The van der Waals surface area contributed by atoms with Gasteiger partial charge >= 0.3 is 0 Å². The molecule has 0 aliphatic carbocycles. The summed E-state index contributed by atoms with van der Waals surface area (Å²) >= 11 is 0. The van der Waals surface area contributed by atoms with Crippen LogP contribution < -0.4 is 5.43 Å². The summed E-state index contributed by atoms with van der Waals surface area (Å²) in [6.45, 7) is 5.38. The van der Waals surface area contributed by atoms with Crippen LogP contribution in [0.15, 0.2) is 48.8 Å². The van der Waals surface area contributed by atoms with Gasteiger partial charge in [0.25, 0.3) is 0 Å². The topological polar surface area (TPSA) is 41.1 Å². The minimum Gasteiger partial charge on any atom is -0.261 e. The average Bonchev–Trinajstić information content (AvgIpc) is 2.89. The van der Waals surface area contributed by atoms with Crippen molar-refractivity contribution in [1.29, 1.82) is 0 Å². The fourth-order valence-corrected chi connectivity index (χ4v) is 4.61. The summed E-state index contributed by atoms with van der Waals surface area (Å²) in [7, 11) is 0. The first-order chi connectivity index (χ1) is 17.4. The number of nitrogens with zero attached hydrogens (tertiary/aromatic N) is 3. The Hall–Kier alpha value is -1.78. The van der Waals surface area contributed by atoms with E-state index < -0.39 is 0 Å². The molecule has 2 aromatic rings. The smallest absolute Gasteiger partial charge is 0.0558 e. The maximum absolute atomic E-state index is 4.54. The molecule has 0 saturated heterocycles. The Morgan fingerprint density at radius 2 is 1.14 bits per heavy atom. The Labute approximate surface area is 216 Å². The quantitative estimate of drug-likeness (QED) is 0.128. The van der Waals surface area contributed by atoms with Crippen LogP contribution in [0.5, 0.6) is 0 Å². The summed E-state index contributed by atoms with van der Waals surface area (Å²) in [5.41, 5.74) is 6.10. The number of nitrogens with one attached hydrogen (secondary N) is 1. The van der Waals surface area contributed by atoms with E-state index in [4.69, 9.17) is 0 Å². The highest BCUT2D eigenvalue weighted by atomic mass is 15.5. The standard InChI is InChI=1S/C31H52N4/c1-2-3-4-5-6-11-14-21-28-35(29-31-24-17-20-26-33-31)34-27-18-13-10-8-7-9-12-15-22-30-23-16-19-25-32-30/h16-17,19-20,23-26,34H,2-15,18,21-22,27-29H2,1H3. The number of hydrogen-bond donors (Lipinski definition) is 1. The van der Waals surface area contributed by atoms with Crippen LogP contribution in [-0.4, -0.2) is 28.1 Å².